The van der Waals surface area contributed by atoms with Gasteiger partial charge in [0.05, 0.1) is 7.11 Å². The molecule has 15 heavy (non-hydrogen) atoms. The number of phenols is 1. The van der Waals surface area contributed by atoms with Crippen molar-refractivity contribution < 1.29 is 14.9 Å². The second-order valence-corrected chi connectivity index (χ2v) is 5.24. The van der Waals surface area contributed by atoms with Crippen molar-refractivity contribution in [2.45, 2.75) is 9.90 Å². The Kier molecular flexibility index (Phi) is 3.95. The third-order valence-electron chi connectivity index (χ3n) is 1.84. The number of aliphatic hydroxyl groups is 1. The Labute approximate surface area is 102 Å². The molecule has 1 rings (SSSR count). The number of phenolic OH excluding ortho intramolecular Hbond substituents is 1. The summed E-state index contributed by atoms with van der Waals surface area (Å²) in [7, 11) is 1.46. The maximum Gasteiger partial charge on any atom is 0.220 e. The number of alkyl halides is 3. The molecule has 0 spiro atoms. The van der Waals surface area contributed by atoms with Crippen LogP contribution in [0.1, 0.15) is 11.7 Å². The maximum absolute atomic E-state index is 9.65. The lowest BCUT2D eigenvalue weighted by molar-refractivity contribution is 0.178. The first-order chi connectivity index (χ1) is 6.86. The summed E-state index contributed by atoms with van der Waals surface area (Å²) in [6, 6.07) is 4.29. The normalized spacial score (nSPS) is 13.7. The van der Waals surface area contributed by atoms with Crippen molar-refractivity contribution in [1.82, 2.24) is 0 Å². The van der Waals surface area contributed by atoms with E-state index in [9.17, 15) is 10.2 Å². The van der Waals surface area contributed by atoms with Crippen LogP contribution in [0, 0.1) is 0 Å². The van der Waals surface area contributed by atoms with Crippen molar-refractivity contribution in [1.29, 1.82) is 0 Å². The van der Waals surface area contributed by atoms with Crippen LogP contribution in [-0.2, 0) is 0 Å². The molecule has 0 aliphatic heterocycles. The van der Waals surface area contributed by atoms with Crippen LogP contribution in [-0.4, -0.2) is 21.1 Å². The molecule has 1 aromatic rings. The molecule has 0 amide bonds. The molecule has 0 aliphatic rings. The van der Waals surface area contributed by atoms with E-state index in [2.05, 4.69) is 0 Å². The first kappa shape index (κ1) is 12.7. The van der Waals surface area contributed by atoms with Gasteiger partial charge in [0, 0.05) is 5.56 Å². The van der Waals surface area contributed by atoms with E-state index in [1.165, 1.54) is 25.3 Å². The van der Waals surface area contributed by atoms with Crippen molar-refractivity contribution in [3.8, 4) is 11.5 Å². The molecule has 84 valence electrons. The van der Waals surface area contributed by atoms with Crippen LogP contribution < -0.4 is 4.74 Å². The fraction of sp³-hybridized carbons (Fsp3) is 0.333. The molecule has 2 N–H and O–H groups in total. The Bertz CT molecular complexity index is 349. The predicted octanol–water partition coefficient (Wildman–Crippen LogP) is 2.80. The summed E-state index contributed by atoms with van der Waals surface area (Å²) < 4.78 is 3.02. The fourth-order valence-electron chi connectivity index (χ4n) is 1.05. The molecule has 1 atom stereocenters. The Hall–Kier alpha value is -0.350. The molecular formula is C9H9Cl3O3. The van der Waals surface area contributed by atoms with Crippen LogP contribution in [0.2, 0.25) is 0 Å². The topological polar surface area (TPSA) is 49.7 Å². The van der Waals surface area contributed by atoms with E-state index in [1.807, 2.05) is 0 Å². The van der Waals surface area contributed by atoms with E-state index in [4.69, 9.17) is 39.5 Å². The fourth-order valence-corrected chi connectivity index (χ4v) is 1.41. The van der Waals surface area contributed by atoms with Gasteiger partial charge in [0.1, 0.15) is 17.6 Å². The average Bonchev–Trinajstić information content (AvgIpc) is 2.16. The SMILES string of the molecule is COc1ccc(O)c(C(O)C(Cl)(Cl)Cl)c1. The third kappa shape index (κ3) is 3.05. The highest BCUT2D eigenvalue weighted by Gasteiger charge is 2.34. The van der Waals surface area contributed by atoms with Gasteiger partial charge in [-0.15, -0.1) is 0 Å². The first-order valence-electron chi connectivity index (χ1n) is 3.98. The van der Waals surface area contributed by atoms with Gasteiger partial charge < -0.3 is 14.9 Å². The number of hydrogen-bond acceptors (Lipinski definition) is 3. The molecule has 0 saturated heterocycles. The van der Waals surface area contributed by atoms with E-state index in [0.717, 1.165) is 0 Å². The van der Waals surface area contributed by atoms with Gasteiger partial charge in [0.2, 0.25) is 3.79 Å². The zero-order valence-corrected chi connectivity index (χ0v) is 10.0. The number of hydrogen-bond donors (Lipinski definition) is 2. The van der Waals surface area contributed by atoms with Gasteiger partial charge in [0.15, 0.2) is 0 Å². The third-order valence-corrected chi connectivity index (χ3v) is 2.46. The van der Waals surface area contributed by atoms with Crippen LogP contribution in [0.4, 0.5) is 0 Å². The summed E-state index contributed by atoms with van der Waals surface area (Å²) in [5.41, 5.74) is 0.106. The Balaban J connectivity index is 3.12. The minimum Gasteiger partial charge on any atom is -0.508 e. The molecule has 0 heterocycles. The second-order valence-electron chi connectivity index (χ2n) is 2.87. The molecule has 0 fully saturated rings. The van der Waals surface area contributed by atoms with Gasteiger partial charge in [-0.3, -0.25) is 0 Å². The highest BCUT2D eigenvalue weighted by Crippen LogP contribution is 2.43. The van der Waals surface area contributed by atoms with Crippen LogP contribution in [0.25, 0.3) is 0 Å². The van der Waals surface area contributed by atoms with Crippen molar-refractivity contribution >= 4 is 34.8 Å². The lowest BCUT2D eigenvalue weighted by Gasteiger charge is -2.20. The molecule has 0 saturated carbocycles. The molecule has 1 aromatic carbocycles. The highest BCUT2D eigenvalue weighted by atomic mass is 35.6. The molecule has 0 radical (unpaired) electrons. The van der Waals surface area contributed by atoms with Gasteiger partial charge in [-0.05, 0) is 18.2 Å². The summed E-state index contributed by atoms with van der Waals surface area (Å²) in [6.45, 7) is 0. The minimum atomic E-state index is -1.90. The number of aliphatic hydroxyl groups excluding tert-OH is 1. The zero-order chi connectivity index (χ0) is 11.6. The maximum atomic E-state index is 9.65. The van der Waals surface area contributed by atoms with E-state index in [0.29, 0.717) is 5.75 Å². The molecular weight excluding hydrogens is 262 g/mol. The summed E-state index contributed by atoms with van der Waals surface area (Å²) in [5.74, 6) is 0.297. The lowest BCUT2D eigenvalue weighted by atomic mass is 10.1. The molecule has 3 nitrogen and oxygen atoms in total. The number of ether oxygens (including phenoxy) is 1. The van der Waals surface area contributed by atoms with Crippen LogP contribution in [0.15, 0.2) is 18.2 Å². The smallest absolute Gasteiger partial charge is 0.220 e. The molecule has 0 aliphatic carbocycles. The van der Waals surface area contributed by atoms with Crippen LogP contribution >= 0.6 is 34.8 Å². The van der Waals surface area contributed by atoms with Gasteiger partial charge >= 0.3 is 0 Å². The Morgan fingerprint density at radius 2 is 1.93 bits per heavy atom. The number of methoxy groups -OCH3 is 1. The average molecular weight is 272 g/mol. The van der Waals surface area contributed by atoms with Crippen LogP contribution in [0.5, 0.6) is 11.5 Å². The monoisotopic (exact) mass is 270 g/mol. The number of benzene rings is 1. The standard InChI is InChI=1S/C9H9Cl3O3/c1-15-5-2-3-7(13)6(4-5)8(14)9(10,11)12/h2-4,8,13-14H,1H3. The molecule has 0 bridgehead atoms. The lowest BCUT2D eigenvalue weighted by Crippen LogP contribution is -2.16. The van der Waals surface area contributed by atoms with E-state index in [1.54, 1.807) is 0 Å². The van der Waals surface area contributed by atoms with Crippen molar-refractivity contribution in [2.24, 2.45) is 0 Å². The second kappa shape index (κ2) is 4.66. The van der Waals surface area contributed by atoms with Crippen LogP contribution in [0.3, 0.4) is 0 Å². The number of rotatable bonds is 2. The van der Waals surface area contributed by atoms with Gasteiger partial charge in [0.25, 0.3) is 0 Å². The minimum absolute atomic E-state index is 0.106. The largest absolute Gasteiger partial charge is 0.508 e. The Morgan fingerprint density at radius 1 is 1.33 bits per heavy atom. The zero-order valence-electron chi connectivity index (χ0n) is 7.75. The van der Waals surface area contributed by atoms with E-state index in [-0.39, 0.29) is 11.3 Å². The molecule has 0 aromatic heterocycles. The highest BCUT2D eigenvalue weighted by molar-refractivity contribution is 6.68. The Morgan fingerprint density at radius 3 is 2.40 bits per heavy atom. The molecule has 6 heteroatoms. The quantitative estimate of drug-likeness (QED) is 0.813. The first-order valence-corrected chi connectivity index (χ1v) is 5.11. The summed E-state index contributed by atoms with van der Waals surface area (Å²) in [5, 5.41) is 19.1. The van der Waals surface area contributed by atoms with Gasteiger partial charge in [-0.2, -0.15) is 0 Å². The molecule has 1 unspecified atom stereocenters. The van der Waals surface area contributed by atoms with Crippen molar-refractivity contribution in [2.75, 3.05) is 7.11 Å². The van der Waals surface area contributed by atoms with Crippen molar-refractivity contribution in [3.05, 3.63) is 23.8 Å². The van der Waals surface area contributed by atoms with Crippen molar-refractivity contribution in [3.63, 3.8) is 0 Å². The van der Waals surface area contributed by atoms with Gasteiger partial charge in [-0.1, -0.05) is 34.8 Å². The summed E-state index contributed by atoms with van der Waals surface area (Å²) in [4.78, 5) is 0. The van der Waals surface area contributed by atoms with E-state index < -0.39 is 9.90 Å². The van der Waals surface area contributed by atoms with Gasteiger partial charge in [-0.25, -0.2) is 0 Å². The summed E-state index contributed by atoms with van der Waals surface area (Å²) in [6.07, 6.45) is -1.42. The summed E-state index contributed by atoms with van der Waals surface area (Å²) >= 11 is 16.5. The predicted molar refractivity (Wildman–Crippen MR) is 59.9 cm³/mol. The number of halogens is 3. The number of aromatic hydroxyl groups is 1. The van der Waals surface area contributed by atoms with E-state index >= 15 is 0 Å².